The minimum Gasteiger partial charge on any atom is -0.379 e. The van der Waals surface area contributed by atoms with Gasteiger partial charge in [-0.2, -0.15) is 0 Å². The number of aromatic nitrogens is 1. The van der Waals surface area contributed by atoms with Crippen molar-refractivity contribution < 1.29 is 9.53 Å². The number of benzene rings is 2. The topological polar surface area (TPSA) is 45.7 Å². The number of aryl methyl sites for hydroxylation is 4. The third-order valence-corrected chi connectivity index (χ3v) is 6.94. The Balaban J connectivity index is 1.62. The van der Waals surface area contributed by atoms with E-state index in [4.69, 9.17) is 9.72 Å². The molecule has 1 aromatic heterocycles. The van der Waals surface area contributed by atoms with Gasteiger partial charge in [0.1, 0.15) is 0 Å². The van der Waals surface area contributed by atoms with E-state index in [1.54, 1.807) is 11.3 Å². The number of hydrogen-bond acceptors (Lipinski definition) is 5. The molecule has 3 aromatic rings. The second kappa shape index (κ2) is 9.47. The number of nitrogens with zero attached hydrogens (tertiary/aromatic N) is 3. The van der Waals surface area contributed by atoms with Crippen LogP contribution in [-0.2, 0) is 4.74 Å². The second-order valence-corrected chi connectivity index (χ2v) is 9.55. The lowest BCUT2D eigenvalue weighted by atomic mass is 10.1. The van der Waals surface area contributed by atoms with Crippen molar-refractivity contribution in [3.63, 3.8) is 0 Å². The van der Waals surface area contributed by atoms with Gasteiger partial charge < -0.3 is 4.74 Å². The normalized spacial score (nSPS) is 14.8. The van der Waals surface area contributed by atoms with Gasteiger partial charge in [0.15, 0.2) is 5.13 Å². The van der Waals surface area contributed by atoms with Crippen LogP contribution in [0.2, 0.25) is 0 Å². The molecule has 31 heavy (non-hydrogen) atoms. The highest BCUT2D eigenvalue weighted by molar-refractivity contribution is 7.22. The van der Waals surface area contributed by atoms with Crippen molar-refractivity contribution >= 4 is 32.6 Å². The molecule has 0 spiro atoms. The Labute approximate surface area is 188 Å². The van der Waals surface area contributed by atoms with Gasteiger partial charge in [-0.3, -0.25) is 14.6 Å². The fourth-order valence-electron chi connectivity index (χ4n) is 4.10. The Bertz CT molecular complexity index is 1030. The third kappa shape index (κ3) is 5.14. The molecule has 1 aliphatic heterocycles. The molecule has 164 valence electrons. The predicted molar refractivity (Wildman–Crippen MR) is 129 cm³/mol. The quantitative estimate of drug-likeness (QED) is 0.550. The molecule has 2 heterocycles. The first-order valence-corrected chi connectivity index (χ1v) is 11.8. The lowest BCUT2D eigenvalue weighted by molar-refractivity contribution is 0.0376. The highest BCUT2D eigenvalue weighted by Crippen LogP contribution is 2.32. The molecule has 0 saturated carbocycles. The number of fused-ring (bicyclic) bond motifs is 1. The number of rotatable bonds is 6. The lowest BCUT2D eigenvalue weighted by Crippen LogP contribution is -2.39. The summed E-state index contributed by atoms with van der Waals surface area (Å²) in [4.78, 5) is 22.8. The van der Waals surface area contributed by atoms with E-state index < -0.39 is 0 Å². The highest BCUT2D eigenvalue weighted by Gasteiger charge is 2.22. The second-order valence-electron chi connectivity index (χ2n) is 8.54. The van der Waals surface area contributed by atoms with Crippen LogP contribution in [0.5, 0.6) is 0 Å². The van der Waals surface area contributed by atoms with Crippen LogP contribution in [0.15, 0.2) is 30.3 Å². The number of ether oxygens (including phenoxy) is 1. The van der Waals surface area contributed by atoms with Crippen LogP contribution in [0, 0.1) is 27.7 Å². The average Bonchev–Trinajstić information content (AvgIpc) is 3.13. The Kier molecular flexibility index (Phi) is 6.70. The lowest BCUT2D eigenvalue weighted by Gasteiger charge is -2.27. The van der Waals surface area contributed by atoms with Crippen molar-refractivity contribution in [1.82, 2.24) is 9.88 Å². The molecule has 0 unspecified atom stereocenters. The van der Waals surface area contributed by atoms with Crippen LogP contribution in [0.3, 0.4) is 0 Å². The maximum atomic E-state index is 13.6. The Morgan fingerprint density at radius 2 is 1.71 bits per heavy atom. The van der Waals surface area contributed by atoms with Crippen LogP contribution in [-0.4, -0.2) is 55.2 Å². The number of carbonyl (C=O) groups excluding carboxylic acids is 1. The molecule has 0 bridgehead atoms. The average molecular weight is 438 g/mol. The zero-order chi connectivity index (χ0) is 22.0. The van der Waals surface area contributed by atoms with Gasteiger partial charge in [-0.25, -0.2) is 4.98 Å². The molecule has 0 radical (unpaired) electrons. The van der Waals surface area contributed by atoms with Crippen LogP contribution in [0.25, 0.3) is 10.2 Å². The molecule has 1 saturated heterocycles. The number of anilines is 1. The van der Waals surface area contributed by atoms with E-state index in [0.29, 0.717) is 6.54 Å². The molecule has 0 N–H and O–H groups in total. The fourth-order valence-corrected chi connectivity index (χ4v) is 5.17. The first kappa shape index (κ1) is 21.9. The van der Waals surface area contributed by atoms with Crippen molar-refractivity contribution in [2.45, 2.75) is 34.1 Å². The van der Waals surface area contributed by atoms with E-state index in [0.717, 1.165) is 71.3 Å². The molecule has 1 aliphatic rings. The molecule has 6 heteroatoms. The SMILES string of the molecule is Cc1cc(C)cc(C(=O)N(CCCN2CCOCC2)c2nc3cc(C)c(C)cc3s2)c1. The number of morpholine rings is 1. The molecule has 0 atom stereocenters. The molecule has 0 aliphatic carbocycles. The van der Waals surface area contributed by atoms with Gasteiger partial charge in [0.2, 0.25) is 0 Å². The summed E-state index contributed by atoms with van der Waals surface area (Å²) in [6.07, 6.45) is 0.907. The largest absolute Gasteiger partial charge is 0.379 e. The number of hydrogen-bond donors (Lipinski definition) is 0. The summed E-state index contributed by atoms with van der Waals surface area (Å²) in [5, 5.41) is 0.783. The van der Waals surface area contributed by atoms with Crippen LogP contribution < -0.4 is 4.90 Å². The van der Waals surface area contributed by atoms with Crippen molar-refractivity contribution in [2.24, 2.45) is 0 Å². The first-order chi connectivity index (χ1) is 14.9. The standard InChI is InChI=1S/C25H31N3O2S/c1-17-12-18(2)14-21(13-17)24(29)28(7-5-6-27-8-10-30-11-9-27)25-26-22-15-19(3)20(4)16-23(22)31-25/h12-16H,5-11H2,1-4H3. The zero-order valence-electron chi connectivity index (χ0n) is 18.9. The van der Waals surface area contributed by atoms with Gasteiger partial charge >= 0.3 is 0 Å². The monoisotopic (exact) mass is 437 g/mol. The molecule has 2 aromatic carbocycles. The van der Waals surface area contributed by atoms with Crippen molar-refractivity contribution in [3.05, 3.63) is 58.1 Å². The van der Waals surface area contributed by atoms with E-state index in [9.17, 15) is 4.79 Å². The highest BCUT2D eigenvalue weighted by atomic mass is 32.1. The van der Waals surface area contributed by atoms with Gasteiger partial charge in [-0.05, 0) is 69.5 Å². The number of amides is 1. The van der Waals surface area contributed by atoms with Gasteiger partial charge in [0.25, 0.3) is 5.91 Å². The summed E-state index contributed by atoms with van der Waals surface area (Å²) in [5.74, 6) is 0.0290. The molecule has 5 nitrogen and oxygen atoms in total. The maximum Gasteiger partial charge on any atom is 0.260 e. The Morgan fingerprint density at radius 3 is 2.42 bits per heavy atom. The van der Waals surface area contributed by atoms with E-state index >= 15 is 0 Å². The molecular weight excluding hydrogens is 406 g/mol. The molecule has 1 amide bonds. The van der Waals surface area contributed by atoms with Crippen molar-refractivity contribution in [1.29, 1.82) is 0 Å². The Morgan fingerprint density at radius 1 is 1.03 bits per heavy atom. The van der Waals surface area contributed by atoms with E-state index in [1.807, 2.05) is 30.9 Å². The summed E-state index contributed by atoms with van der Waals surface area (Å²) in [5.41, 5.74) is 6.38. The number of thiazole rings is 1. The Hall–Kier alpha value is -2.28. The van der Waals surface area contributed by atoms with E-state index in [2.05, 4.69) is 36.9 Å². The molecular formula is C25H31N3O2S. The number of carbonyl (C=O) groups is 1. The molecule has 4 rings (SSSR count). The van der Waals surface area contributed by atoms with Gasteiger partial charge in [-0.1, -0.05) is 28.5 Å². The van der Waals surface area contributed by atoms with Crippen LogP contribution >= 0.6 is 11.3 Å². The minimum atomic E-state index is 0.0290. The first-order valence-electron chi connectivity index (χ1n) is 11.0. The van der Waals surface area contributed by atoms with Crippen molar-refractivity contribution in [3.8, 4) is 0 Å². The summed E-state index contributed by atoms with van der Waals surface area (Å²) in [6, 6.07) is 10.4. The fraction of sp³-hybridized carbons (Fsp3) is 0.440. The minimum absolute atomic E-state index is 0.0290. The van der Waals surface area contributed by atoms with Crippen LogP contribution in [0.4, 0.5) is 5.13 Å². The van der Waals surface area contributed by atoms with E-state index in [-0.39, 0.29) is 5.91 Å². The predicted octanol–water partition coefficient (Wildman–Crippen LogP) is 4.90. The molecule has 1 fully saturated rings. The van der Waals surface area contributed by atoms with Gasteiger partial charge in [-0.15, -0.1) is 0 Å². The summed E-state index contributed by atoms with van der Waals surface area (Å²) >= 11 is 1.61. The van der Waals surface area contributed by atoms with E-state index in [1.165, 1.54) is 11.1 Å². The van der Waals surface area contributed by atoms with Crippen molar-refractivity contribution in [2.75, 3.05) is 44.3 Å². The summed E-state index contributed by atoms with van der Waals surface area (Å²) in [6.45, 7) is 13.4. The zero-order valence-corrected chi connectivity index (χ0v) is 19.7. The smallest absolute Gasteiger partial charge is 0.260 e. The van der Waals surface area contributed by atoms with Gasteiger partial charge in [0, 0.05) is 31.7 Å². The summed E-state index contributed by atoms with van der Waals surface area (Å²) in [7, 11) is 0. The maximum absolute atomic E-state index is 13.6. The van der Waals surface area contributed by atoms with Crippen LogP contribution in [0.1, 0.15) is 39.0 Å². The third-order valence-electron chi connectivity index (χ3n) is 5.90. The summed E-state index contributed by atoms with van der Waals surface area (Å²) < 4.78 is 6.58. The van der Waals surface area contributed by atoms with Gasteiger partial charge in [0.05, 0.1) is 23.4 Å².